The Kier molecular flexibility index (Phi) is 5.08. The van der Waals surface area contributed by atoms with Crippen LogP contribution in [-0.4, -0.2) is 16.5 Å². The van der Waals surface area contributed by atoms with Crippen LogP contribution >= 0.6 is 15.9 Å². The summed E-state index contributed by atoms with van der Waals surface area (Å²) in [5, 5.41) is 19.2. The molecule has 1 aliphatic carbocycles. The van der Waals surface area contributed by atoms with E-state index in [1.807, 2.05) is 0 Å². The van der Waals surface area contributed by atoms with Crippen LogP contribution in [0.3, 0.4) is 0 Å². The van der Waals surface area contributed by atoms with Crippen molar-refractivity contribution in [2.45, 2.75) is 51.6 Å². The fraction of sp³-hybridized carbons (Fsp3) is 0.917. The Balaban J connectivity index is 2.63. The lowest BCUT2D eigenvalue weighted by molar-refractivity contribution is 0.0488. The zero-order chi connectivity index (χ0) is 11.3. The lowest BCUT2D eigenvalue weighted by Crippen LogP contribution is -2.34. The Hall–Kier alpha value is -0.0700. The number of aliphatic hydroxyl groups is 1. The van der Waals surface area contributed by atoms with Gasteiger partial charge in [-0.3, -0.25) is 0 Å². The third-order valence-corrected chi connectivity index (χ3v) is 4.50. The monoisotopic (exact) mass is 273 g/mol. The highest BCUT2D eigenvalue weighted by Gasteiger charge is 2.37. The Bertz CT molecular complexity index is 238. The number of rotatable bonds is 4. The smallest absolute Gasteiger partial charge is 0.0642 e. The molecule has 0 bridgehead atoms. The lowest BCUT2D eigenvalue weighted by Gasteiger charge is -2.41. The zero-order valence-electron chi connectivity index (χ0n) is 9.38. The van der Waals surface area contributed by atoms with Crippen LogP contribution in [0.5, 0.6) is 0 Å². The van der Waals surface area contributed by atoms with Gasteiger partial charge in [0.1, 0.15) is 0 Å². The van der Waals surface area contributed by atoms with E-state index < -0.39 is 0 Å². The van der Waals surface area contributed by atoms with Gasteiger partial charge in [-0.2, -0.15) is 5.26 Å². The van der Waals surface area contributed by atoms with E-state index in [0.29, 0.717) is 17.7 Å². The van der Waals surface area contributed by atoms with Gasteiger partial charge in [0, 0.05) is 11.8 Å². The van der Waals surface area contributed by atoms with E-state index >= 15 is 0 Å². The fourth-order valence-corrected chi connectivity index (χ4v) is 3.02. The number of alkyl halides is 1. The molecule has 0 radical (unpaired) electrons. The predicted octanol–water partition coefficient (Wildman–Crippen LogP) is 3.24. The van der Waals surface area contributed by atoms with Gasteiger partial charge in [0.15, 0.2) is 0 Å². The minimum Gasteiger partial charge on any atom is -0.392 e. The average molecular weight is 274 g/mol. The highest BCUT2D eigenvalue weighted by molar-refractivity contribution is 9.09. The van der Waals surface area contributed by atoms with Crippen LogP contribution in [-0.2, 0) is 0 Å². The van der Waals surface area contributed by atoms with Crippen LogP contribution in [0.2, 0.25) is 0 Å². The van der Waals surface area contributed by atoms with Gasteiger partial charge in [0.05, 0.1) is 12.2 Å². The molecule has 0 aromatic carbocycles. The van der Waals surface area contributed by atoms with Crippen LogP contribution in [0, 0.1) is 22.7 Å². The summed E-state index contributed by atoms with van der Waals surface area (Å²) in [6, 6.07) is 2.29. The molecule has 0 aliphatic heterocycles. The Morgan fingerprint density at radius 2 is 2.33 bits per heavy atom. The third-order valence-electron chi connectivity index (χ3n) is 3.75. The first kappa shape index (κ1) is 13.0. The molecule has 0 aromatic heterocycles. The summed E-state index contributed by atoms with van der Waals surface area (Å²) in [4.78, 5) is 0. The largest absolute Gasteiger partial charge is 0.392 e. The maximum atomic E-state index is 9.73. The van der Waals surface area contributed by atoms with Crippen molar-refractivity contribution in [3.63, 3.8) is 0 Å². The summed E-state index contributed by atoms with van der Waals surface area (Å²) in [5.74, 6) is 0.477. The van der Waals surface area contributed by atoms with E-state index in [1.165, 1.54) is 12.8 Å². The van der Waals surface area contributed by atoms with Gasteiger partial charge in [-0.25, -0.2) is 0 Å². The van der Waals surface area contributed by atoms with Gasteiger partial charge in [0.25, 0.3) is 0 Å². The van der Waals surface area contributed by atoms with Crippen molar-refractivity contribution in [3.05, 3.63) is 0 Å². The molecule has 3 atom stereocenters. The first-order valence-corrected chi connectivity index (χ1v) is 6.85. The fourth-order valence-electron chi connectivity index (χ4n) is 2.79. The molecule has 1 N–H and O–H groups in total. The standard InChI is InChI=1S/C12H20BrNO/c1-12(8-11(15)9-13)6-3-2-4-10(12)5-7-14/h10-11,15H,2-6,8-9H2,1H3/t10-,11+,12-/m1/s1. The summed E-state index contributed by atoms with van der Waals surface area (Å²) in [5.41, 5.74) is 0.168. The average Bonchev–Trinajstić information content (AvgIpc) is 2.21. The van der Waals surface area contributed by atoms with E-state index in [0.717, 1.165) is 19.3 Å². The Morgan fingerprint density at radius 3 is 2.93 bits per heavy atom. The SMILES string of the molecule is C[C@]1(C[C@H](O)CBr)CCCC[C@@H]1CC#N. The maximum Gasteiger partial charge on any atom is 0.0642 e. The number of nitriles is 1. The van der Waals surface area contributed by atoms with E-state index in [4.69, 9.17) is 5.26 Å². The number of nitrogens with zero attached hydrogens (tertiary/aromatic N) is 1. The topological polar surface area (TPSA) is 44.0 Å². The molecule has 0 unspecified atom stereocenters. The number of halogens is 1. The molecule has 1 fully saturated rings. The summed E-state index contributed by atoms with van der Waals surface area (Å²) in [6.07, 6.45) is 5.99. The second-order valence-corrected chi connectivity index (χ2v) is 5.62. The van der Waals surface area contributed by atoms with E-state index in [-0.39, 0.29) is 11.5 Å². The first-order valence-electron chi connectivity index (χ1n) is 5.73. The Morgan fingerprint density at radius 1 is 1.60 bits per heavy atom. The molecule has 3 heteroatoms. The zero-order valence-corrected chi connectivity index (χ0v) is 11.0. The highest BCUT2D eigenvalue weighted by atomic mass is 79.9. The molecule has 15 heavy (non-hydrogen) atoms. The molecular weight excluding hydrogens is 254 g/mol. The van der Waals surface area contributed by atoms with Crippen LogP contribution in [0.15, 0.2) is 0 Å². The second kappa shape index (κ2) is 5.86. The number of hydrogen-bond acceptors (Lipinski definition) is 2. The van der Waals surface area contributed by atoms with Crippen molar-refractivity contribution in [1.82, 2.24) is 0 Å². The van der Waals surface area contributed by atoms with E-state index in [9.17, 15) is 5.11 Å². The summed E-state index contributed by atoms with van der Waals surface area (Å²) < 4.78 is 0. The molecule has 0 aromatic rings. The van der Waals surface area contributed by atoms with Crippen LogP contribution in [0.1, 0.15) is 45.4 Å². The molecule has 0 spiro atoms. The molecular formula is C12H20BrNO. The van der Waals surface area contributed by atoms with Gasteiger partial charge < -0.3 is 5.11 Å². The number of aliphatic hydroxyl groups excluding tert-OH is 1. The molecule has 0 heterocycles. The maximum absolute atomic E-state index is 9.73. The van der Waals surface area contributed by atoms with E-state index in [1.54, 1.807) is 0 Å². The molecule has 86 valence electrons. The molecule has 1 rings (SSSR count). The normalized spacial score (nSPS) is 33.3. The second-order valence-electron chi connectivity index (χ2n) is 4.97. The van der Waals surface area contributed by atoms with Gasteiger partial charge in [-0.05, 0) is 30.6 Å². The third kappa shape index (κ3) is 3.46. The molecule has 1 saturated carbocycles. The van der Waals surface area contributed by atoms with Crippen LogP contribution in [0.25, 0.3) is 0 Å². The summed E-state index contributed by atoms with van der Waals surface area (Å²) in [7, 11) is 0. The van der Waals surface area contributed by atoms with Crippen molar-refractivity contribution in [2.75, 3.05) is 5.33 Å². The first-order chi connectivity index (χ1) is 7.12. The van der Waals surface area contributed by atoms with Crippen molar-refractivity contribution in [2.24, 2.45) is 11.3 Å². The quantitative estimate of drug-likeness (QED) is 0.800. The molecule has 0 amide bonds. The number of hydrogen-bond donors (Lipinski definition) is 1. The summed E-state index contributed by atoms with van der Waals surface area (Å²) >= 11 is 3.31. The Labute approximate surface area is 101 Å². The minimum atomic E-state index is -0.269. The lowest BCUT2D eigenvalue weighted by atomic mass is 9.64. The van der Waals surface area contributed by atoms with Crippen LogP contribution < -0.4 is 0 Å². The van der Waals surface area contributed by atoms with Gasteiger partial charge in [-0.1, -0.05) is 35.7 Å². The van der Waals surface area contributed by atoms with Crippen molar-refractivity contribution in [1.29, 1.82) is 5.26 Å². The minimum absolute atomic E-state index is 0.168. The molecule has 1 aliphatic rings. The van der Waals surface area contributed by atoms with Gasteiger partial charge in [-0.15, -0.1) is 0 Å². The van der Waals surface area contributed by atoms with Gasteiger partial charge in [0.2, 0.25) is 0 Å². The van der Waals surface area contributed by atoms with Crippen LogP contribution in [0.4, 0.5) is 0 Å². The molecule has 2 nitrogen and oxygen atoms in total. The van der Waals surface area contributed by atoms with E-state index in [2.05, 4.69) is 28.9 Å². The van der Waals surface area contributed by atoms with Crippen molar-refractivity contribution in [3.8, 4) is 6.07 Å². The predicted molar refractivity (Wildman–Crippen MR) is 64.7 cm³/mol. The van der Waals surface area contributed by atoms with Gasteiger partial charge >= 0.3 is 0 Å². The van der Waals surface area contributed by atoms with Crippen molar-refractivity contribution < 1.29 is 5.11 Å². The van der Waals surface area contributed by atoms with Crippen molar-refractivity contribution >= 4 is 15.9 Å². The summed E-state index contributed by atoms with van der Waals surface area (Å²) in [6.45, 7) is 2.24. The molecule has 0 saturated heterocycles. The highest BCUT2D eigenvalue weighted by Crippen LogP contribution is 2.45.